The topological polar surface area (TPSA) is 79.0 Å². The minimum Gasteiger partial charge on any atom is -0.497 e. The molecule has 0 spiro atoms. The molecule has 1 aliphatic heterocycles. The standard InChI is InChI=1S/C19H21F2N3O4S/c1-28-15-3-5-16(6-4-15)29(26,27)24-10-8-23(9-11-24)13-19(25)22-18-12-14(20)2-7-17(18)21/h2-7,12H,8-11,13H2,1H3,(H,22,25). The van der Waals surface area contributed by atoms with Gasteiger partial charge in [-0.05, 0) is 36.4 Å². The summed E-state index contributed by atoms with van der Waals surface area (Å²) in [4.78, 5) is 14.0. The van der Waals surface area contributed by atoms with Gasteiger partial charge in [0.15, 0.2) is 0 Å². The first-order chi connectivity index (χ1) is 13.8. The van der Waals surface area contributed by atoms with Gasteiger partial charge in [-0.25, -0.2) is 17.2 Å². The molecule has 2 aromatic carbocycles. The van der Waals surface area contributed by atoms with Gasteiger partial charge in [-0.1, -0.05) is 0 Å². The van der Waals surface area contributed by atoms with Crippen molar-refractivity contribution in [3.05, 3.63) is 54.1 Å². The molecule has 29 heavy (non-hydrogen) atoms. The van der Waals surface area contributed by atoms with Gasteiger partial charge < -0.3 is 10.1 Å². The largest absolute Gasteiger partial charge is 0.497 e. The number of nitrogens with one attached hydrogen (secondary N) is 1. The third kappa shape index (κ3) is 5.08. The predicted molar refractivity (Wildman–Crippen MR) is 103 cm³/mol. The van der Waals surface area contributed by atoms with Crippen molar-refractivity contribution >= 4 is 21.6 Å². The van der Waals surface area contributed by atoms with Crippen LogP contribution in [-0.4, -0.2) is 63.4 Å². The summed E-state index contributed by atoms with van der Waals surface area (Å²) < 4.78 is 58.7. The first-order valence-electron chi connectivity index (χ1n) is 8.91. The molecule has 1 fully saturated rings. The van der Waals surface area contributed by atoms with Gasteiger partial charge in [0.1, 0.15) is 17.4 Å². The summed E-state index contributed by atoms with van der Waals surface area (Å²) in [6.45, 7) is 1.07. The van der Waals surface area contributed by atoms with Crippen molar-refractivity contribution in [1.29, 1.82) is 0 Å². The second kappa shape index (κ2) is 8.85. The number of nitrogens with zero attached hydrogens (tertiary/aromatic N) is 2. The lowest BCUT2D eigenvalue weighted by Crippen LogP contribution is -2.50. The van der Waals surface area contributed by atoms with E-state index in [1.807, 2.05) is 0 Å². The molecule has 2 aromatic rings. The Morgan fingerprint density at radius 2 is 1.72 bits per heavy atom. The van der Waals surface area contributed by atoms with Crippen LogP contribution in [0.5, 0.6) is 5.75 Å². The first-order valence-corrected chi connectivity index (χ1v) is 10.3. The van der Waals surface area contributed by atoms with Gasteiger partial charge in [0.05, 0.1) is 24.2 Å². The van der Waals surface area contributed by atoms with Crippen LogP contribution in [0.15, 0.2) is 47.4 Å². The fourth-order valence-corrected chi connectivity index (χ4v) is 4.43. The number of sulfonamides is 1. The molecular weight excluding hydrogens is 404 g/mol. The van der Waals surface area contributed by atoms with E-state index in [4.69, 9.17) is 4.74 Å². The summed E-state index contributed by atoms with van der Waals surface area (Å²) in [7, 11) is -2.14. The number of hydrogen-bond donors (Lipinski definition) is 1. The van der Waals surface area contributed by atoms with E-state index in [-0.39, 0.29) is 30.2 Å². The number of halogens is 2. The Bertz CT molecular complexity index is 975. The van der Waals surface area contributed by atoms with Crippen LogP contribution >= 0.6 is 0 Å². The van der Waals surface area contributed by atoms with Crippen molar-refractivity contribution in [3.8, 4) is 5.75 Å². The van der Waals surface area contributed by atoms with E-state index in [1.165, 1.54) is 23.5 Å². The molecule has 0 atom stereocenters. The van der Waals surface area contributed by atoms with Crippen molar-refractivity contribution < 1.29 is 26.7 Å². The van der Waals surface area contributed by atoms with Gasteiger partial charge in [0.25, 0.3) is 0 Å². The molecule has 1 N–H and O–H groups in total. The average Bonchev–Trinajstić information content (AvgIpc) is 2.71. The number of carbonyl (C=O) groups is 1. The third-order valence-corrected chi connectivity index (χ3v) is 6.51. The molecule has 3 rings (SSSR count). The molecule has 1 aliphatic rings. The number of methoxy groups -OCH3 is 1. The molecule has 0 radical (unpaired) electrons. The van der Waals surface area contributed by atoms with Crippen molar-refractivity contribution in [2.24, 2.45) is 0 Å². The number of anilines is 1. The van der Waals surface area contributed by atoms with Crippen LogP contribution in [0, 0.1) is 11.6 Å². The molecule has 1 heterocycles. The van der Waals surface area contributed by atoms with Crippen LogP contribution < -0.4 is 10.1 Å². The summed E-state index contributed by atoms with van der Waals surface area (Å²) in [6, 6.07) is 8.95. The van der Waals surface area contributed by atoms with E-state index in [1.54, 1.807) is 17.0 Å². The lowest BCUT2D eigenvalue weighted by Gasteiger charge is -2.33. The molecule has 0 unspecified atom stereocenters. The Kier molecular flexibility index (Phi) is 6.46. The van der Waals surface area contributed by atoms with Crippen LogP contribution in [-0.2, 0) is 14.8 Å². The Morgan fingerprint density at radius 3 is 2.34 bits per heavy atom. The molecule has 1 saturated heterocycles. The molecule has 1 amide bonds. The Hall–Kier alpha value is -2.56. The second-order valence-electron chi connectivity index (χ2n) is 6.53. The SMILES string of the molecule is COc1ccc(S(=O)(=O)N2CCN(CC(=O)Nc3cc(F)ccc3F)CC2)cc1. The zero-order valence-corrected chi connectivity index (χ0v) is 16.6. The number of rotatable bonds is 6. The maximum absolute atomic E-state index is 13.6. The summed E-state index contributed by atoms with van der Waals surface area (Å²) in [6.07, 6.45) is 0. The molecule has 0 bridgehead atoms. The Morgan fingerprint density at radius 1 is 1.07 bits per heavy atom. The van der Waals surface area contributed by atoms with E-state index in [9.17, 15) is 22.0 Å². The van der Waals surface area contributed by atoms with E-state index in [2.05, 4.69) is 5.32 Å². The zero-order chi connectivity index (χ0) is 21.0. The highest BCUT2D eigenvalue weighted by Gasteiger charge is 2.29. The number of piperazine rings is 1. The first kappa shape index (κ1) is 21.2. The van der Waals surface area contributed by atoms with E-state index in [0.717, 1.165) is 18.2 Å². The lowest BCUT2D eigenvalue weighted by molar-refractivity contribution is -0.117. The monoisotopic (exact) mass is 425 g/mol. The highest BCUT2D eigenvalue weighted by molar-refractivity contribution is 7.89. The molecule has 0 aromatic heterocycles. The molecule has 10 heteroatoms. The fraction of sp³-hybridized carbons (Fsp3) is 0.316. The number of ether oxygens (including phenoxy) is 1. The van der Waals surface area contributed by atoms with E-state index < -0.39 is 27.6 Å². The molecule has 0 saturated carbocycles. The van der Waals surface area contributed by atoms with Gasteiger partial charge >= 0.3 is 0 Å². The van der Waals surface area contributed by atoms with Crippen LogP contribution in [0.4, 0.5) is 14.5 Å². The average molecular weight is 425 g/mol. The molecule has 0 aliphatic carbocycles. The van der Waals surface area contributed by atoms with Gasteiger partial charge in [-0.3, -0.25) is 9.69 Å². The zero-order valence-electron chi connectivity index (χ0n) is 15.8. The molecule has 156 valence electrons. The molecular formula is C19H21F2N3O4S. The number of benzene rings is 2. The van der Waals surface area contributed by atoms with E-state index >= 15 is 0 Å². The van der Waals surface area contributed by atoms with Crippen molar-refractivity contribution in [1.82, 2.24) is 9.21 Å². The van der Waals surface area contributed by atoms with Crippen LogP contribution in [0.1, 0.15) is 0 Å². The van der Waals surface area contributed by atoms with Crippen molar-refractivity contribution in [2.75, 3.05) is 45.2 Å². The summed E-state index contributed by atoms with van der Waals surface area (Å²) >= 11 is 0. The maximum Gasteiger partial charge on any atom is 0.243 e. The summed E-state index contributed by atoms with van der Waals surface area (Å²) in [5, 5.41) is 2.34. The van der Waals surface area contributed by atoms with E-state index in [0.29, 0.717) is 18.8 Å². The van der Waals surface area contributed by atoms with Crippen molar-refractivity contribution in [2.45, 2.75) is 4.90 Å². The third-order valence-electron chi connectivity index (χ3n) is 4.60. The summed E-state index contributed by atoms with van der Waals surface area (Å²) in [5.41, 5.74) is -0.226. The predicted octanol–water partition coefficient (Wildman–Crippen LogP) is 1.92. The van der Waals surface area contributed by atoms with Crippen LogP contribution in [0.3, 0.4) is 0 Å². The van der Waals surface area contributed by atoms with Gasteiger partial charge in [-0.2, -0.15) is 4.31 Å². The smallest absolute Gasteiger partial charge is 0.243 e. The molecule has 7 nitrogen and oxygen atoms in total. The van der Waals surface area contributed by atoms with Gasteiger partial charge in [-0.15, -0.1) is 0 Å². The quantitative estimate of drug-likeness (QED) is 0.765. The van der Waals surface area contributed by atoms with Crippen LogP contribution in [0.2, 0.25) is 0 Å². The number of amides is 1. The van der Waals surface area contributed by atoms with Crippen molar-refractivity contribution in [3.63, 3.8) is 0 Å². The highest BCUT2D eigenvalue weighted by Crippen LogP contribution is 2.21. The van der Waals surface area contributed by atoms with Gasteiger partial charge in [0, 0.05) is 32.2 Å². The second-order valence-corrected chi connectivity index (χ2v) is 8.47. The minimum absolute atomic E-state index is 0.0492. The number of hydrogen-bond acceptors (Lipinski definition) is 5. The summed E-state index contributed by atoms with van der Waals surface area (Å²) in [5.74, 6) is -1.32. The van der Waals surface area contributed by atoms with Gasteiger partial charge in [0.2, 0.25) is 15.9 Å². The van der Waals surface area contributed by atoms with Crippen LogP contribution in [0.25, 0.3) is 0 Å². The minimum atomic E-state index is -3.64. The Balaban J connectivity index is 1.55. The normalized spacial score (nSPS) is 15.8. The maximum atomic E-state index is 13.6. The fourth-order valence-electron chi connectivity index (χ4n) is 3.01. The highest BCUT2D eigenvalue weighted by atomic mass is 32.2. The lowest BCUT2D eigenvalue weighted by atomic mass is 10.3. The Labute approximate surface area is 167 Å². The number of carbonyl (C=O) groups excluding carboxylic acids is 1.